The average molecular weight is 345 g/mol. The molecule has 0 unspecified atom stereocenters. The van der Waals surface area contributed by atoms with Gasteiger partial charge >= 0.3 is 0 Å². The van der Waals surface area contributed by atoms with E-state index in [9.17, 15) is 4.79 Å². The van der Waals surface area contributed by atoms with Gasteiger partial charge in [0.2, 0.25) is 0 Å². The van der Waals surface area contributed by atoms with E-state index in [1.54, 1.807) is 12.4 Å². The molecule has 130 valence electrons. The number of amides is 1. The molecule has 1 atom stereocenters. The predicted molar refractivity (Wildman–Crippen MR) is 98.8 cm³/mol. The van der Waals surface area contributed by atoms with Crippen LogP contribution in [0, 0.1) is 0 Å². The predicted octanol–water partition coefficient (Wildman–Crippen LogP) is 3.79. The van der Waals surface area contributed by atoms with Crippen molar-refractivity contribution in [1.29, 1.82) is 0 Å². The molecule has 0 saturated carbocycles. The lowest BCUT2D eigenvalue weighted by atomic mass is 9.99. The van der Waals surface area contributed by atoms with Gasteiger partial charge in [0, 0.05) is 29.1 Å². The highest BCUT2D eigenvalue weighted by molar-refractivity contribution is 6.01. The highest BCUT2D eigenvalue weighted by Crippen LogP contribution is 2.32. The molecule has 4 rings (SSSR count). The van der Waals surface area contributed by atoms with Gasteiger partial charge in [-0.05, 0) is 30.5 Å². The van der Waals surface area contributed by atoms with Crippen molar-refractivity contribution in [2.24, 2.45) is 0 Å². The van der Waals surface area contributed by atoms with E-state index < -0.39 is 0 Å². The van der Waals surface area contributed by atoms with Gasteiger partial charge in [-0.1, -0.05) is 36.4 Å². The Labute approximate surface area is 152 Å². The van der Waals surface area contributed by atoms with Crippen LogP contribution in [0.2, 0.25) is 0 Å². The highest BCUT2D eigenvalue weighted by atomic mass is 16.5. The molecule has 3 aromatic rings. The van der Waals surface area contributed by atoms with Gasteiger partial charge in [-0.25, -0.2) is 9.97 Å². The summed E-state index contributed by atoms with van der Waals surface area (Å²) in [4.78, 5) is 21.2. The number of carbonyl (C=O) groups is 1. The fourth-order valence-corrected chi connectivity index (χ4v) is 3.28. The first-order chi connectivity index (χ1) is 12.8. The molecule has 2 aromatic carbocycles. The first kappa shape index (κ1) is 16.3. The van der Waals surface area contributed by atoms with Crippen molar-refractivity contribution in [2.75, 3.05) is 6.61 Å². The van der Waals surface area contributed by atoms with Crippen LogP contribution in [0.4, 0.5) is 0 Å². The van der Waals surface area contributed by atoms with E-state index in [1.807, 2.05) is 48.5 Å². The molecule has 26 heavy (non-hydrogen) atoms. The van der Waals surface area contributed by atoms with Crippen LogP contribution in [0.3, 0.4) is 0 Å². The minimum Gasteiger partial charge on any atom is -0.493 e. The van der Waals surface area contributed by atoms with E-state index in [2.05, 4.69) is 15.3 Å². The summed E-state index contributed by atoms with van der Waals surface area (Å²) in [7, 11) is 0. The molecule has 0 aliphatic carbocycles. The fourth-order valence-electron chi connectivity index (χ4n) is 3.28. The zero-order valence-electron chi connectivity index (χ0n) is 14.3. The normalized spacial score (nSPS) is 16.1. The maximum atomic E-state index is 13.0. The Morgan fingerprint density at radius 1 is 1.04 bits per heavy atom. The van der Waals surface area contributed by atoms with E-state index >= 15 is 0 Å². The van der Waals surface area contributed by atoms with Crippen molar-refractivity contribution in [3.63, 3.8) is 0 Å². The Morgan fingerprint density at radius 3 is 2.69 bits per heavy atom. The van der Waals surface area contributed by atoms with E-state index in [-0.39, 0.29) is 11.9 Å². The summed E-state index contributed by atoms with van der Waals surface area (Å²) < 4.78 is 5.79. The first-order valence-electron chi connectivity index (χ1n) is 8.70. The van der Waals surface area contributed by atoms with Crippen LogP contribution < -0.4 is 10.1 Å². The first-order valence-corrected chi connectivity index (χ1v) is 8.70. The zero-order valence-corrected chi connectivity index (χ0v) is 14.3. The molecule has 1 aliphatic heterocycles. The second-order valence-corrected chi connectivity index (χ2v) is 6.23. The summed E-state index contributed by atoms with van der Waals surface area (Å²) in [5.74, 6) is 0.742. The number of carbonyl (C=O) groups excluding carboxylic acids is 1. The van der Waals surface area contributed by atoms with Gasteiger partial charge in [-0.3, -0.25) is 4.79 Å². The third-order valence-electron chi connectivity index (χ3n) is 4.54. The molecular formula is C21H19N3O2. The summed E-state index contributed by atoms with van der Waals surface area (Å²) in [6.07, 6.45) is 6.66. The number of nitrogens with zero attached hydrogens (tertiary/aromatic N) is 2. The van der Waals surface area contributed by atoms with Gasteiger partial charge in [0.25, 0.3) is 5.91 Å². The maximum Gasteiger partial charge on any atom is 0.252 e. The van der Waals surface area contributed by atoms with Crippen LogP contribution in [-0.4, -0.2) is 22.5 Å². The van der Waals surface area contributed by atoms with E-state index in [1.165, 1.54) is 6.33 Å². The van der Waals surface area contributed by atoms with Crippen molar-refractivity contribution < 1.29 is 9.53 Å². The quantitative estimate of drug-likeness (QED) is 0.784. The molecule has 1 amide bonds. The Bertz CT molecular complexity index is 912. The van der Waals surface area contributed by atoms with Crippen LogP contribution in [0.5, 0.6) is 5.75 Å². The number of ether oxygens (including phenoxy) is 1. The average Bonchev–Trinajstić information content (AvgIpc) is 2.91. The molecule has 0 spiro atoms. The molecule has 0 radical (unpaired) electrons. The molecule has 2 heterocycles. The minimum atomic E-state index is -0.105. The monoisotopic (exact) mass is 345 g/mol. The molecule has 5 heteroatoms. The largest absolute Gasteiger partial charge is 0.493 e. The zero-order chi connectivity index (χ0) is 17.8. The molecule has 0 saturated heterocycles. The number of fused-ring (bicyclic) bond motifs is 1. The van der Waals surface area contributed by atoms with Crippen molar-refractivity contribution >= 4 is 5.91 Å². The lowest BCUT2D eigenvalue weighted by molar-refractivity contribution is 0.0935. The molecule has 5 nitrogen and oxygen atoms in total. The topological polar surface area (TPSA) is 64.1 Å². The van der Waals surface area contributed by atoms with Crippen LogP contribution in [0.1, 0.15) is 34.8 Å². The van der Waals surface area contributed by atoms with Gasteiger partial charge in [0.1, 0.15) is 12.1 Å². The summed E-state index contributed by atoms with van der Waals surface area (Å²) in [5.41, 5.74) is 3.29. The van der Waals surface area contributed by atoms with E-state index in [4.69, 9.17) is 4.74 Å². The third kappa shape index (κ3) is 3.28. The number of aromatic nitrogens is 2. The van der Waals surface area contributed by atoms with Crippen LogP contribution in [0.25, 0.3) is 11.1 Å². The van der Waals surface area contributed by atoms with E-state index in [0.717, 1.165) is 35.3 Å². The molecule has 1 aromatic heterocycles. The summed E-state index contributed by atoms with van der Waals surface area (Å²) in [5, 5.41) is 3.18. The second-order valence-electron chi connectivity index (χ2n) is 6.23. The van der Waals surface area contributed by atoms with Crippen LogP contribution >= 0.6 is 0 Å². The number of nitrogens with one attached hydrogen (secondary N) is 1. The van der Waals surface area contributed by atoms with Gasteiger partial charge < -0.3 is 10.1 Å². The Hall–Kier alpha value is -3.21. The number of hydrogen-bond donors (Lipinski definition) is 1. The van der Waals surface area contributed by atoms with Crippen molar-refractivity contribution in [3.05, 3.63) is 78.4 Å². The van der Waals surface area contributed by atoms with Crippen LogP contribution in [0.15, 0.2) is 67.3 Å². The number of rotatable bonds is 3. The smallest absolute Gasteiger partial charge is 0.252 e. The molecule has 1 N–H and O–H groups in total. The standard InChI is InChI=1S/C21H19N3O2/c25-21(17-7-2-1-6-16(17)15-12-22-14-23-13-15)24-19-9-5-11-26-20-10-4-3-8-18(19)20/h1-4,6-8,10,12-14,19H,5,9,11H2,(H,24,25)/t19-/m1/s1. The Balaban J connectivity index is 1.64. The van der Waals surface area contributed by atoms with E-state index in [0.29, 0.717) is 12.2 Å². The molecular weight excluding hydrogens is 326 g/mol. The van der Waals surface area contributed by atoms with Gasteiger partial charge in [-0.15, -0.1) is 0 Å². The Kier molecular flexibility index (Phi) is 4.60. The number of hydrogen-bond acceptors (Lipinski definition) is 4. The summed E-state index contributed by atoms with van der Waals surface area (Å²) >= 11 is 0. The lowest BCUT2D eigenvalue weighted by Gasteiger charge is -2.19. The Morgan fingerprint density at radius 2 is 1.81 bits per heavy atom. The summed E-state index contributed by atoms with van der Waals surface area (Å²) in [6.45, 7) is 0.668. The third-order valence-corrected chi connectivity index (χ3v) is 4.54. The van der Waals surface area contributed by atoms with Crippen LogP contribution in [-0.2, 0) is 0 Å². The van der Waals surface area contributed by atoms with Gasteiger partial charge in [-0.2, -0.15) is 0 Å². The van der Waals surface area contributed by atoms with Gasteiger partial charge in [0.15, 0.2) is 0 Å². The van der Waals surface area contributed by atoms with Crippen molar-refractivity contribution in [1.82, 2.24) is 15.3 Å². The second kappa shape index (κ2) is 7.35. The number of para-hydroxylation sites is 1. The SMILES string of the molecule is O=C(N[C@@H]1CCCOc2ccccc21)c1ccccc1-c1cncnc1. The lowest BCUT2D eigenvalue weighted by Crippen LogP contribution is -2.28. The maximum absolute atomic E-state index is 13.0. The highest BCUT2D eigenvalue weighted by Gasteiger charge is 2.22. The van der Waals surface area contributed by atoms with Crippen molar-refractivity contribution in [2.45, 2.75) is 18.9 Å². The minimum absolute atomic E-state index is 0.0683. The molecule has 1 aliphatic rings. The fraction of sp³-hybridized carbons (Fsp3) is 0.190. The summed E-state index contributed by atoms with van der Waals surface area (Å²) in [6, 6.07) is 15.4. The number of benzene rings is 2. The van der Waals surface area contributed by atoms with Crippen molar-refractivity contribution in [3.8, 4) is 16.9 Å². The molecule has 0 bridgehead atoms. The molecule has 0 fully saturated rings. The van der Waals surface area contributed by atoms with Gasteiger partial charge in [0.05, 0.1) is 12.6 Å².